The van der Waals surface area contributed by atoms with Gasteiger partial charge in [-0.3, -0.25) is 14.9 Å². The lowest BCUT2D eigenvalue weighted by Gasteiger charge is -2.26. The van der Waals surface area contributed by atoms with Crippen LogP contribution in [-0.4, -0.2) is 35.4 Å². The molecule has 1 aromatic rings. The first-order valence-corrected chi connectivity index (χ1v) is 6.69. The van der Waals surface area contributed by atoms with E-state index in [4.69, 9.17) is 0 Å². The summed E-state index contributed by atoms with van der Waals surface area (Å²) in [5.74, 6) is -0.103. The second kappa shape index (κ2) is 6.88. The Hall–Kier alpha value is -2.11. The molecule has 6 nitrogen and oxygen atoms in total. The highest BCUT2D eigenvalue weighted by atomic mass is 16.6. The first-order valence-electron chi connectivity index (χ1n) is 6.69. The monoisotopic (exact) mass is 279 g/mol. The number of carbonyl (C=O) groups is 1. The van der Waals surface area contributed by atoms with Gasteiger partial charge < -0.3 is 10.2 Å². The number of benzene rings is 1. The summed E-state index contributed by atoms with van der Waals surface area (Å²) in [4.78, 5) is 24.6. The molecule has 0 aliphatic heterocycles. The normalized spacial score (nSPS) is 10.4. The second-order valence-corrected chi connectivity index (χ2v) is 4.83. The Labute approximate surface area is 118 Å². The highest BCUT2D eigenvalue weighted by molar-refractivity contribution is 5.96. The molecule has 0 unspecified atom stereocenters. The Bertz CT molecular complexity index is 500. The van der Waals surface area contributed by atoms with Gasteiger partial charge in [-0.2, -0.15) is 0 Å². The smallest absolute Gasteiger partial charge is 0.292 e. The number of amides is 1. The Kier molecular flexibility index (Phi) is 5.49. The number of nitrogens with zero attached hydrogens (tertiary/aromatic N) is 2. The van der Waals surface area contributed by atoms with E-state index < -0.39 is 4.92 Å². The quantitative estimate of drug-likeness (QED) is 0.641. The molecule has 0 heterocycles. The van der Waals surface area contributed by atoms with Crippen LogP contribution in [0.5, 0.6) is 0 Å². The number of carbonyl (C=O) groups excluding carboxylic acids is 1. The van der Waals surface area contributed by atoms with Crippen LogP contribution in [0.15, 0.2) is 18.2 Å². The lowest BCUT2D eigenvalue weighted by molar-refractivity contribution is -0.383. The van der Waals surface area contributed by atoms with Gasteiger partial charge in [0.1, 0.15) is 5.69 Å². The van der Waals surface area contributed by atoms with E-state index in [2.05, 4.69) is 5.32 Å². The number of hydrogen-bond donors (Lipinski definition) is 1. The minimum absolute atomic E-state index is 0.0318. The largest absolute Gasteiger partial charge is 0.383 e. The summed E-state index contributed by atoms with van der Waals surface area (Å²) in [6.07, 6.45) is 0.871. The Morgan fingerprint density at radius 2 is 2.10 bits per heavy atom. The van der Waals surface area contributed by atoms with Crippen molar-refractivity contribution in [3.8, 4) is 0 Å². The van der Waals surface area contributed by atoms with Crippen LogP contribution >= 0.6 is 0 Å². The van der Waals surface area contributed by atoms with Gasteiger partial charge in [-0.1, -0.05) is 6.92 Å². The molecular formula is C14H21N3O3. The summed E-state index contributed by atoms with van der Waals surface area (Å²) in [5, 5.41) is 13.6. The van der Waals surface area contributed by atoms with E-state index in [0.717, 1.165) is 6.42 Å². The summed E-state index contributed by atoms with van der Waals surface area (Å²) in [6.45, 7) is 6.59. The summed E-state index contributed by atoms with van der Waals surface area (Å²) >= 11 is 0. The van der Waals surface area contributed by atoms with Crippen molar-refractivity contribution in [2.45, 2.75) is 33.2 Å². The van der Waals surface area contributed by atoms with Gasteiger partial charge in [-0.15, -0.1) is 0 Å². The Morgan fingerprint density at radius 3 is 2.55 bits per heavy atom. The number of nitro benzene ring substituents is 1. The van der Waals surface area contributed by atoms with Crippen LogP contribution in [0.25, 0.3) is 0 Å². The lowest BCUT2D eigenvalue weighted by atomic mass is 10.1. The average Bonchev–Trinajstić information content (AvgIpc) is 2.42. The first kappa shape index (κ1) is 15.9. The van der Waals surface area contributed by atoms with Crippen LogP contribution in [0.1, 0.15) is 37.6 Å². The molecule has 0 saturated carbocycles. The highest BCUT2D eigenvalue weighted by Crippen LogP contribution is 2.25. The van der Waals surface area contributed by atoms with Crippen LogP contribution in [0.3, 0.4) is 0 Å². The average molecular weight is 279 g/mol. The molecular weight excluding hydrogens is 258 g/mol. The van der Waals surface area contributed by atoms with Crippen molar-refractivity contribution in [1.29, 1.82) is 0 Å². The summed E-state index contributed by atoms with van der Waals surface area (Å²) in [5.41, 5.74) is 0.777. The first-order chi connectivity index (χ1) is 9.42. The van der Waals surface area contributed by atoms with Crippen molar-refractivity contribution in [1.82, 2.24) is 4.90 Å². The summed E-state index contributed by atoms with van der Waals surface area (Å²) < 4.78 is 0. The fourth-order valence-electron chi connectivity index (χ4n) is 2.03. The molecule has 20 heavy (non-hydrogen) atoms. The van der Waals surface area contributed by atoms with Gasteiger partial charge in [-0.25, -0.2) is 0 Å². The molecule has 0 bridgehead atoms. The zero-order valence-electron chi connectivity index (χ0n) is 12.3. The minimum atomic E-state index is -0.466. The molecule has 0 aliphatic carbocycles. The molecule has 110 valence electrons. The standard InChI is InChI=1S/C14H21N3O3/c1-5-8-16(10(2)3)14(18)11-6-7-13(17(19)20)12(9-11)15-4/h6-7,9-10,15H,5,8H2,1-4H3. The third-order valence-corrected chi connectivity index (χ3v) is 3.06. The molecule has 1 rings (SSSR count). The van der Waals surface area contributed by atoms with E-state index in [1.54, 1.807) is 11.9 Å². The van der Waals surface area contributed by atoms with E-state index in [1.165, 1.54) is 18.2 Å². The van der Waals surface area contributed by atoms with Crippen molar-refractivity contribution in [2.24, 2.45) is 0 Å². The van der Waals surface area contributed by atoms with Crippen molar-refractivity contribution < 1.29 is 9.72 Å². The van der Waals surface area contributed by atoms with Gasteiger partial charge in [0.2, 0.25) is 0 Å². The molecule has 0 atom stereocenters. The van der Waals surface area contributed by atoms with Crippen molar-refractivity contribution in [2.75, 3.05) is 18.9 Å². The number of nitrogens with one attached hydrogen (secondary N) is 1. The van der Waals surface area contributed by atoms with E-state index >= 15 is 0 Å². The molecule has 0 fully saturated rings. The van der Waals surface area contributed by atoms with Gasteiger partial charge in [0, 0.05) is 31.3 Å². The number of hydrogen-bond acceptors (Lipinski definition) is 4. The molecule has 0 aromatic heterocycles. The molecule has 1 aromatic carbocycles. The molecule has 6 heteroatoms. The number of nitro groups is 1. The predicted octanol–water partition coefficient (Wildman–Crippen LogP) is 2.90. The van der Waals surface area contributed by atoms with Gasteiger partial charge in [0.05, 0.1) is 4.92 Å². The van der Waals surface area contributed by atoms with Gasteiger partial charge >= 0.3 is 0 Å². The molecule has 0 radical (unpaired) electrons. The van der Waals surface area contributed by atoms with E-state index in [1.807, 2.05) is 20.8 Å². The molecule has 0 spiro atoms. The SMILES string of the molecule is CCCN(C(=O)c1ccc([N+](=O)[O-])c(NC)c1)C(C)C. The van der Waals surface area contributed by atoms with Crippen LogP contribution < -0.4 is 5.32 Å². The Balaban J connectivity index is 3.13. The maximum atomic E-state index is 12.5. The van der Waals surface area contributed by atoms with Gasteiger partial charge in [0.25, 0.3) is 11.6 Å². The summed E-state index contributed by atoms with van der Waals surface area (Å²) in [6, 6.07) is 4.50. The maximum Gasteiger partial charge on any atom is 0.292 e. The highest BCUT2D eigenvalue weighted by Gasteiger charge is 2.21. The molecule has 1 amide bonds. The number of rotatable bonds is 6. The van der Waals surface area contributed by atoms with E-state index in [0.29, 0.717) is 17.8 Å². The fourth-order valence-corrected chi connectivity index (χ4v) is 2.03. The van der Waals surface area contributed by atoms with Crippen molar-refractivity contribution in [3.63, 3.8) is 0 Å². The van der Waals surface area contributed by atoms with Crippen molar-refractivity contribution >= 4 is 17.3 Å². The lowest BCUT2D eigenvalue weighted by Crippen LogP contribution is -2.37. The van der Waals surface area contributed by atoms with Crippen LogP contribution in [0.2, 0.25) is 0 Å². The second-order valence-electron chi connectivity index (χ2n) is 4.83. The van der Waals surface area contributed by atoms with Crippen LogP contribution in [-0.2, 0) is 0 Å². The van der Waals surface area contributed by atoms with Crippen LogP contribution in [0, 0.1) is 10.1 Å². The zero-order chi connectivity index (χ0) is 15.3. The van der Waals surface area contributed by atoms with Gasteiger partial charge in [0.15, 0.2) is 0 Å². The Morgan fingerprint density at radius 1 is 1.45 bits per heavy atom. The maximum absolute atomic E-state index is 12.5. The predicted molar refractivity (Wildman–Crippen MR) is 79.1 cm³/mol. The van der Waals surface area contributed by atoms with E-state index in [-0.39, 0.29) is 17.6 Å². The van der Waals surface area contributed by atoms with Crippen molar-refractivity contribution in [3.05, 3.63) is 33.9 Å². The number of anilines is 1. The minimum Gasteiger partial charge on any atom is -0.383 e. The van der Waals surface area contributed by atoms with E-state index in [9.17, 15) is 14.9 Å². The summed E-state index contributed by atoms with van der Waals surface area (Å²) in [7, 11) is 1.60. The molecule has 0 aliphatic rings. The van der Waals surface area contributed by atoms with Crippen LogP contribution in [0.4, 0.5) is 11.4 Å². The zero-order valence-corrected chi connectivity index (χ0v) is 12.3. The molecule has 1 N–H and O–H groups in total. The van der Waals surface area contributed by atoms with Gasteiger partial charge in [-0.05, 0) is 32.4 Å². The topological polar surface area (TPSA) is 75.5 Å². The molecule has 0 saturated heterocycles. The third kappa shape index (κ3) is 3.46. The fraction of sp³-hybridized carbons (Fsp3) is 0.500. The third-order valence-electron chi connectivity index (χ3n) is 3.06.